The van der Waals surface area contributed by atoms with E-state index in [1.807, 2.05) is 4.90 Å². The summed E-state index contributed by atoms with van der Waals surface area (Å²) in [5.74, 6) is -3.76. The first-order valence-electron chi connectivity index (χ1n) is 16.0. The largest absolute Gasteiger partial charge is 0.507 e. The third-order valence-electron chi connectivity index (χ3n) is 10.3. The average molecular weight is 684 g/mol. The number of aliphatic hydroxyl groups excluding tert-OH is 1. The number of phenols is 2. The molecule has 0 saturated carbocycles. The van der Waals surface area contributed by atoms with Crippen LogP contribution in [0, 0.1) is 0 Å². The molecule has 3 aliphatic heterocycles. The highest BCUT2D eigenvalue weighted by atomic mass is 16.7. The maximum Gasteiger partial charge on any atom is 0.202 e. The van der Waals surface area contributed by atoms with Crippen molar-refractivity contribution in [1.82, 2.24) is 4.90 Å². The number of aldehydes is 1. The van der Waals surface area contributed by atoms with Gasteiger partial charge in [-0.1, -0.05) is 12.1 Å². The zero-order chi connectivity index (χ0) is 34.9. The number of fused-ring (bicyclic) bond motifs is 6. The Morgan fingerprint density at radius 3 is 2.53 bits per heavy atom. The topological polar surface area (TPSA) is 208 Å². The number of hydrogen-bond acceptors (Lipinski definition) is 15. The van der Waals surface area contributed by atoms with Crippen LogP contribution in [0.4, 0.5) is 0 Å². The molecule has 3 saturated heterocycles. The Balaban J connectivity index is 1.28. The molecule has 49 heavy (non-hydrogen) atoms. The lowest BCUT2D eigenvalue weighted by Crippen LogP contribution is -2.57. The summed E-state index contributed by atoms with van der Waals surface area (Å²) in [4.78, 5) is 53.9. The van der Waals surface area contributed by atoms with Gasteiger partial charge in [-0.15, -0.1) is 0 Å². The minimum Gasteiger partial charge on any atom is -0.507 e. The van der Waals surface area contributed by atoms with E-state index in [-0.39, 0.29) is 46.9 Å². The highest BCUT2D eigenvalue weighted by molar-refractivity contribution is 6.31. The SMILES string of the molecule is COc1cccc2c1C(=O)c1c(O)c3c(c(O)c1C2=O)C[C@@](O)(C(=O)CO)C[C@@H]3O[C@H]1C[C@H]2[C@H](O[C@@H]3[C@@H](OC)OC(CC=O)CN32)[C@H](C)O1. The number of hydrogen-bond donors (Lipinski definition) is 4. The highest BCUT2D eigenvalue weighted by Gasteiger charge is 2.56. The molecule has 0 spiro atoms. The molecule has 3 fully saturated rings. The van der Waals surface area contributed by atoms with Crippen LogP contribution in [0.25, 0.3) is 0 Å². The first-order valence-corrected chi connectivity index (χ1v) is 16.0. The lowest BCUT2D eigenvalue weighted by atomic mass is 9.72. The molecule has 5 aliphatic rings. The van der Waals surface area contributed by atoms with Gasteiger partial charge in [0.05, 0.1) is 42.1 Å². The summed E-state index contributed by atoms with van der Waals surface area (Å²) >= 11 is 0. The number of nitrogens with zero attached hydrogens (tertiary/aromatic N) is 1. The van der Waals surface area contributed by atoms with Crippen LogP contribution in [0.2, 0.25) is 0 Å². The number of benzene rings is 2. The molecule has 7 rings (SSSR count). The minimum absolute atomic E-state index is 0.0535. The second kappa shape index (κ2) is 12.5. The predicted octanol–water partition coefficient (Wildman–Crippen LogP) is 0.669. The van der Waals surface area contributed by atoms with Crippen molar-refractivity contribution in [2.24, 2.45) is 0 Å². The molecule has 0 bridgehead atoms. The van der Waals surface area contributed by atoms with E-state index in [2.05, 4.69) is 0 Å². The van der Waals surface area contributed by atoms with E-state index in [0.29, 0.717) is 6.54 Å². The van der Waals surface area contributed by atoms with Crippen molar-refractivity contribution in [2.75, 3.05) is 27.4 Å². The third-order valence-corrected chi connectivity index (χ3v) is 10.3. The Morgan fingerprint density at radius 1 is 1.08 bits per heavy atom. The molecule has 0 aromatic heterocycles. The molecule has 2 aromatic rings. The Kier molecular flexibility index (Phi) is 8.60. The Bertz CT molecular complexity index is 1730. The van der Waals surface area contributed by atoms with Crippen LogP contribution in [0.15, 0.2) is 18.2 Å². The van der Waals surface area contributed by atoms with Crippen molar-refractivity contribution >= 4 is 23.6 Å². The van der Waals surface area contributed by atoms with E-state index in [0.717, 1.165) is 6.29 Å². The van der Waals surface area contributed by atoms with Crippen LogP contribution >= 0.6 is 0 Å². The molecular weight excluding hydrogens is 646 g/mol. The van der Waals surface area contributed by atoms with Crippen molar-refractivity contribution in [3.63, 3.8) is 0 Å². The number of carbonyl (C=O) groups is 4. The molecule has 15 heteroatoms. The number of Topliss-reactive ketones (excluding diaryl/α,β-unsaturated/α-hetero) is 1. The minimum atomic E-state index is -2.27. The second-order valence-electron chi connectivity index (χ2n) is 13.0. The van der Waals surface area contributed by atoms with E-state index in [9.17, 15) is 39.6 Å². The molecule has 2 aromatic carbocycles. The van der Waals surface area contributed by atoms with Crippen LogP contribution in [0.3, 0.4) is 0 Å². The van der Waals surface area contributed by atoms with Gasteiger partial charge in [0.15, 0.2) is 30.4 Å². The zero-order valence-corrected chi connectivity index (χ0v) is 27.0. The number of ether oxygens (including phenoxy) is 6. The lowest BCUT2D eigenvalue weighted by Gasteiger charge is -2.44. The number of rotatable bonds is 8. The molecule has 262 valence electrons. The van der Waals surface area contributed by atoms with E-state index in [1.165, 1.54) is 32.4 Å². The van der Waals surface area contributed by atoms with E-state index in [1.54, 1.807) is 6.92 Å². The fourth-order valence-electron chi connectivity index (χ4n) is 8.04. The van der Waals surface area contributed by atoms with Crippen molar-refractivity contribution in [3.8, 4) is 17.2 Å². The second-order valence-corrected chi connectivity index (χ2v) is 13.0. The van der Waals surface area contributed by atoms with Gasteiger partial charge in [-0.05, 0) is 13.0 Å². The fourth-order valence-corrected chi connectivity index (χ4v) is 8.04. The quantitative estimate of drug-likeness (QED) is 0.190. The fraction of sp³-hybridized carbons (Fsp3) is 0.529. The number of methoxy groups -OCH3 is 2. The number of aliphatic hydroxyl groups is 2. The van der Waals surface area contributed by atoms with Gasteiger partial charge in [-0.2, -0.15) is 0 Å². The Morgan fingerprint density at radius 2 is 1.84 bits per heavy atom. The van der Waals surface area contributed by atoms with Crippen LogP contribution in [-0.2, 0) is 39.7 Å². The number of morpholine rings is 1. The molecular formula is C34H37NO14. The Hall–Kier alpha value is -3.80. The third kappa shape index (κ3) is 5.19. The maximum absolute atomic E-state index is 13.9. The molecule has 15 nitrogen and oxygen atoms in total. The lowest BCUT2D eigenvalue weighted by molar-refractivity contribution is -0.270. The summed E-state index contributed by atoms with van der Waals surface area (Å²) in [6.45, 7) is 1.12. The highest BCUT2D eigenvalue weighted by Crippen LogP contribution is 2.53. The molecule has 9 atom stereocenters. The molecule has 1 unspecified atom stereocenters. The predicted molar refractivity (Wildman–Crippen MR) is 163 cm³/mol. The summed E-state index contributed by atoms with van der Waals surface area (Å²) in [6, 6.07) is 4.09. The number of ketones is 3. The molecule has 0 amide bonds. The van der Waals surface area contributed by atoms with Crippen molar-refractivity contribution in [1.29, 1.82) is 0 Å². The van der Waals surface area contributed by atoms with Gasteiger partial charge in [0.2, 0.25) is 5.78 Å². The normalized spacial score (nSPS) is 33.6. The first kappa shape index (κ1) is 33.7. The standard InChI is InChI=1S/C34H37NO14/c1-14-31-18(35-12-15(7-8-36)47-33(45-3)32(35)49-31)9-22(46-14)48-20-11-34(43,21(38)13-37)10-17-24(20)30(42)26-25(28(17)40)27(39)16-5-4-6-19(44-2)23(16)29(26)41/h4-6,8,14-15,18,20,22,31-33,37,40,42-43H,7,9-13H2,1-3H3/t14-,15?,18-,20-,22-,31+,32+,33-,34-/m0/s1. The van der Waals surface area contributed by atoms with E-state index >= 15 is 0 Å². The van der Waals surface area contributed by atoms with Crippen LogP contribution in [0.1, 0.15) is 75.3 Å². The van der Waals surface area contributed by atoms with Crippen LogP contribution in [-0.4, -0.2) is 125 Å². The maximum atomic E-state index is 13.9. The molecule has 0 radical (unpaired) electrons. The number of carbonyl (C=O) groups excluding carboxylic acids is 4. The van der Waals surface area contributed by atoms with Crippen molar-refractivity contribution in [3.05, 3.63) is 51.6 Å². The monoisotopic (exact) mass is 683 g/mol. The van der Waals surface area contributed by atoms with Gasteiger partial charge in [0.1, 0.15) is 41.8 Å². The summed E-state index contributed by atoms with van der Waals surface area (Å²) in [5.41, 5.74) is -3.62. The van der Waals surface area contributed by atoms with Crippen LogP contribution in [0.5, 0.6) is 17.2 Å². The van der Waals surface area contributed by atoms with Crippen molar-refractivity contribution < 1.29 is 68.0 Å². The molecule has 4 N–H and O–H groups in total. The Labute approximate surface area is 280 Å². The smallest absolute Gasteiger partial charge is 0.202 e. The van der Waals surface area contributed by atoms with Crippen molar-refractivity contribution in [2.45, 2.75) is 87.5 Å². The van der Waals surface area contributed by atoms with E-state index < -0.39 is 108 Å². The molecule has 3 heterocycles. The van der Waals surface area contributed by atoms with Gasteiger partial charge in [-0.25, -0.2) is 0 Å². The van der Waals surface area contributed by atoms with Gasteiger partial charge in [0.25, 0.3) is 0 Å². The summed E-state index contributed by atoms with van der Waals surface area (Å²) in [7, 11) is 2.81. The van der Waals surface area contributed by atoms with Crippen LogP contribution < -0.4 is 4.74 Å². The van der Waals surface area contributed by atoms with Gasteiger partial charge in [0, 0.05) is 62.1 Å². The van der Waals surface area contributed by atoms with Gasteiger partial charge >= 0.3 is 0 Å². The van der Waals surface area contributed by atoms with Gasteiger partial charge < -0.3 is 53.6 Å². The van der Waals surface area contributed by atoms with Gasteiger partial charge in [-0.3, -0.25) is 19.3 Å². The number of aromatic hydroxyl groups is 2. The average Bonchev–Trinajstić information content (AvgIpc) is 3.46. The summed E-state index contributed by atoms with van der Waals surface area (Å²) in [6.07, 6.45) is -5.09. The number of phenolic OH excluding ortho intramolecular Hbond substituents is 2. The molecule has 2 aliphatic carbocycles. The summed E-state index contributed by atoms with van der Waals surface area (Å²) in [5, 5.41) is 44.7. The first-order chi connectivity index (χ1) is 23.5. The van der Waals surface area contributed by atoms with E-state index in [4.69, 9.17) is 28.4 Å². The zero-order valence-electron chi connectivity index (χ0n) is 27.0. The summed E-state index contributed by atoms with van der Waals surface area (Å²) < 4.78 is 35.7.